The molecule has 0 radical (unpaired) electrons. The molecular formula is C13H10Br2N2S. The van der Waals surface area contributed by atoms with Gasteiger partial charge >= 0.3 is 0 Å². The molecule has 2 nitrogen and oxygen atoms in total. The van der Waals surface area contributed by atoms with Gasteiger partial charge in [-0.1, -0.05) is 50.1 Å². The molecule has 5 heteroatoms. The molecule has 2 aromatic carbocycles. The van der Waals surface area contributed by atoms with E-state index < -0.39 is 0 Å². The molecule has 0 amide bonds. The number of nitrogens with two attached hydrogens (primary N) is 1. The van der Waals surface area contributed by atoms with Crippen LogP contribution in [0.1, 0.15) is 5.56 Å². The van der Waals surface area contributed by atoms with Crippen LogP contribution in [-0.2, 0) is 0 Å². The minimum atomic E-state index is 0.375. The monoisotopic (exact) mass is 384 g/mol. The van der Waals surface area contributed by atoms with Crippen molar-refractivity contribution < 1.29 is 0 Å². The lowest BCUT2D eigenvalue weighted by atomic mass is 10.1. The van der Waals surface area contributed by atoms with Crippen LogP contribution in [0.15, 0.2) is 51.4 Å². The van der Waals surface area contributed by atoms with Gasteiger partial charge < -0.3 is 11.1 Å². The van der Waals surface area contributed by atoms with Gasteiger partial charge in [0.25, 0.3) is 0 Å². The number of rotatable bonds is 3. The van der Waals surface area contributed by atoms with Crippen molar-refractivity contribution in [1.29, 1.82) is 0 Å². The smallest absolute Gasteiger partial charge is 0.106 e. The average Bonchev–Trinajstić information content (AvgIpc) is 2.28. The molecule has 0 spiro atoms. The summed E-state index contributed by atoms with van der Waals surface area (Å²) in [6, 6.07) is 13.7. The second kappa shape index (κ2) is 5.82. The van der Waals surface area contributed by atoms with Crippen LogP contribution in [0.4, 0.5) is 11.4 Å². The summed E-state index contributed by atoms with van der Waals surface area (Å²) in [7, 11) is 0. The minimum absolute atomic E-state index is 0.375. The molecule has 3 N–H and O–H groups in total. The molecule has 0 bridgehead atoms. The Morgan fingerprint density at radius 3 is 2.44 bits per heavy atom. The zero-order chi connectivity index (χ0) is 13.1. The lowest BCUT2D eigenvalue weighted by molar-refractivity contribution is 1.50. The Hall–Kier alpha value is -0.910. The Kier molecular flexibility index (Phi) is 4.37. The number of anilines is 2. The first-order valence-electron chi connectivity index (χ1n) is 5.18. The van der Waals surface area contributed by atoms with E-state index >= 15 is 0 Å². The fourth-order valence-corrected chi connectivity index (χ4v) is 2.49. The highest BCUT2D eigenvalue weighted by Gasteiger charge is 2.06. The van der Waals surface area contributed by atoms with Gasteiger partial charge in [0.05, 0.1) is 0 Å². The molecule has 0 fully saturated rings. The van der Waals surface area contributed by atoms with Crippen molar-refractivity contribution >= 4 is 60.4 Å². The molecule has 2 aromatic rings. The third-order valence-corrected chi connectivity index (χ3v) is 3.56. The maximum absolute atomic E-state index is 5.72. The highest BCUT2D eigenvalue weighted by atomic mass is 79.9. The summed E-state index contributed by atoms with van der Waals surface area (Å²) in [4.78, 5) is 0.375. The SMILES string of the molecule is NC(=S)c1ccc(Br)cc1Nc1cccc(Br)c1. The number of hydrogen-bond donors (Lipinski definition) is 2. The Morgan fingerprint density at radius 2 is 1.78 bits per heavy atom. The van der Waals surface area contributed by atoms with E-state index in [1.54, 1.807) is 0 Å². The second-order valence-corrected chi connectivity index (χ2v) is 5.96. The molecular weight excluding hydrogens is 376 g/mol. The van der Waals surface area contributed by atoms with E-state index in [9.17, 15) is 0 Å². The van der Waals surface area contributed by atoms with Crippen molar-refractivity contribution in [3.05, 3.63) is 57.0 Å². The number of thiocarbonyl (C=S) groups is 1. The van der Waals surface area contributed by atoms with Crippen LogP contribution in [-0.4, -0.2) is 4.99 Å². The molecule has 0 aliphatic carbocycles. The van der Waals surface area contributed by atoms with Gasteiger partial charge in [-0.2, -0.15) is 0 Å². The molecule has 0 saturated carbocycles. The predicted molar refractivity (Wildman–Crippen MR) is 87.5 cm³/mol. The van der Waals surface area contributed by atoms with Crippen LogP contribution in [0.5, 0.6) is 0 Å². The summed E-state index contributed by atoms with van der Waals surface area (Å²) >= 11 is 11.9. The first kappa shape index (κ1) is 13.5. The molecule has 2 rings (SSSR count). The number of halogens is 2. The van der Waals surface area contributed by atoms with E-state index in [4.69, 9.17) is 18.0 Å². The zero-order valence-electron chi connectivity index (χ0n) is 9.28. The molecule has 0 aliphatic heterocycles. The van der Waals surface area contributed by atoms with E-state index in [1.165, 1.54) is 0 Å². The first-order chi connectivity index (χ1) is 8.56. The molecule has 0 atom stereocenters. The Balaban J connectivity index is 2.39. The minimum Gasteiger partial charge on any atom is -0.389 e. The summed E-state index contributed by atoms with van der Waals surface area (Å²) in [6.45, 7) is 0. The van der Waals surface area contributed by atoms with Crippen molar-refractivity contribution in [2.24, 2.45) is 5.73 Å². The van der Waals surface area contributed by atoms with Crippen LogP contribution < -0.4 is 11.1 Å². The van der Waals surface area contributed by atoms with E-state index in [0.29, 0.717) is 4.99 Å². The highest BCUT2D eigenvalue weighted by Crippen LogP contribution is 2.26. The van der Waals surface area contributed by atoms with E-state index in [-0.39, 0.29) is 0 Å². The van der Waals surface area contributed by atoms with Crippen molar-refractivity contribution in [3.8, 4) is 0 Å². The summed E-state index contributed by atoms with van der Waals surface area (Å²) < 4.78 is 1.99. The summed E-state index contributed by atoms with van der Waals surface area (Å²) in [5.74, 6) is 0. The standard InChI is InChI=1S/C13H10Br2N2S/c14-8-2-1-3-10(6-8)17-12-7-9(15)4-5-11(12)13(16)18/h1-7,17H,(H2,16,18). The third-order valence-electron chi connectivity index (χ3n) is 2.35. The van der Waals surface area contributed by atoms with E-state index in [2.05, 4.69) is 37.2 Å². The molecule has 0 unspecified atom stereocenters. The first-order valence-corrected chi connectivity index (χ1v) is 7.17. The largest absolute Gasteiger partial charge is 0.389 e. The van der Waals surface area contributed by atoms with Crippen molar-refractivity contribution in [2.45, 2.75) is 0 Å². The quantitative estimate of drug-likeness (QED) is 0.759. The molecule has 0 aromatic heterocycles. The van der Waals surface area contributed by atoms with Crippen LogP contribution >= 0.6 is 44.1 Å². The predicted octanol–water partition coefficient (Wildman–Crippen LogP) is 4.59. The zero-order valence-corrected chi connectivity index (χ0v) is 13.3. The van der Waals surface area contributed by atoms with Gasteiger partial charge in [-0.25, -0.2) is 0 Å². The Bertz CT molecular complexity index is 599. The van der Waals surface area contributed by atoms with Crippen LogP contribution in [0.25, 0.3) is 0 Å². The van der Waals surface area contributed by atoms with Gasteiger partial charge in [-0.05, 0) is 36.4 Å². The van der Waals surface area contributed by atoms with Gasteiger partial charge in [0.2, 0.25) is 0 Å². The molecule has 0 heterocycles. The van der Waals surface area contributed by atoms with Crippen LogP contribution in [0.3, 0.4) is 0 Å². The van der Waals surface area contributed by atoms with Crippen LogP contribution in [0, 0.1) is 0 Å². The van der Waals surface area contributed by atoms with Gasteiger partial charge in [-0.15, -0.1) is 0 Å². The van der Waals surface area contributed by atoms with Crippen molar-refractivity contribution in [2.75, 3.05) is 5.32 Å². The normalized spacial score (nSPS) is 10.1. The molecule has 0 aliphatic rings. The van der Waals surface area contributed by atoms with Crippen molar-refractivity contribution in [1.82, 2.24) is 0 Å². The third kappa shape index (κ3) is 3.31. The highest BCUT2D eigenvalue weighted by molar-refractivity contribution is 9.10. The van der Waals surface area contributed by atoms with Gasteiger partial charge in [0.1, 0.15) is 4.99 Å². The maximum Gasteiger partial charge on any atom is 0.106 e. The van der Waals surface area contributed by atoms with Gasteiger partial charge in [0.15, 0.2) is 0 Å². The fraction of sp³-hybridized carbons (Fsp3) is 0. The summed E-state index contributed by atoms with van der Waals surface area (Å²) in [6.07, 6.45) is 0. The number of nitrogens with one attached hydrogen (secondary N) is 1. The summed E-state index contributed by atoms with van der Waals surface area (Å²) in [5, 5.41) is 3.31. The lowest BCUT2D eigenvalue weighted by Crippen LogP contribution is -2.11. The van der Waals surface area contributed by atoms with E-state index in [0.717, 1.165) is 25.9 Å². The Morgan fingerprint density at radius 1 is 1.06 bits per heavy atom. The van der Waals surface area contributed by atoms with E-state index in [1.807, 2.05) is 42.5 Å². The average molecular weight is 386 g/mol. The Labute approximate surface area is 128 Å². The molecule has 18 heavy (non-hydrogen) atoms. The number of benzene rings is 2. The lowest BCUT2D eigenvalue weighted by Gasteiger charge is -2.12. The van der Waals surface area contributed by atoms with Gasteiger partial charge in [-0.3, -0.25) is 0 Å². The van der Waals surface area contributed by atoms with Crippen LogP contribution in [0.2, 0.25) is 0 Å². The fourth-order valence-electron chi connectivity index (χ4n) is 1.56. The summed E-state index contributed by atoms with van der Waals surface area (Å²) in [5.41, 5.74) is 8.40. The topological polar surface area (TPSA) is 38.0 Å². The maximum atomic E-state index is 5.72. The number of hydrogen-bond acceptors (Lipinski definition) is 2. The van der Waals surface area contributed by atoms with Crippen molar-refractivity contribution in [3.63, 3.8) is 0 Å². The van der Waals surface area contributed by atoms with Gasteiger partial charge in [0, 0.05) is 25.9 Å². The molecule has 0 saturated heterocycles. The second-order valence-electron chi connectivity index (χ2n) is 3.69. The molecule has 92 valence electrons.